The van der Waals surface area contributed by atoms with Crippen LogP contribution in [0.3, 0.4) is 0 Å². The largest absolute Gasteiger partial charge is 0.376 e. The van der Waals surface area contributed by atoms with Gasteiger partial charge in [0, 0.05) is 25.5 Å². The van der Waals surface area contributed by atoms with Crippen LogP contribution in [-0.4, -0.2) is 59.5 Å². The minimum atomic E-state index is 0.0562. The molecule has 3 aromatic rings. The summed E-state index contributed by atoms with van der Waals surface area (Å²) in [4.78, 5) is 15.2. The second-order valence-corrected chi connectivity index (χ2v) is 7.48. The summed E-state index contributed by atoms with van der Waals surface area (Å²) in [5.74, 6) is 0.982. The van der Waals surface area contributed by atoms with Crippen molar-refractivity contribution in [1.82, 2.24) is 15.0 Å². The maximum absolute atomic E-state index is 6.17. The lowest BCUT2D eigenvalue weighted by Crippen LogP contribution is -2.31. The number of rotatable bonds is 3. The zero-order valence-electron chi connectivity index (χ0n) is 14.1. The summed E-state index contributed by atoms with van der Waals surface area (Å²) in [6, 6.07) is 6.07. The van der Waals surface area contributed by atoms with Gasteiger partial charge in [-0.2, -0.15) is 0 Å². The molecule has 0 bridgehead atoms. The van der Waals surface area contributed by atoms with E-state index >= 15 is 0 Å². The van der Waals surface area contributed by atoms with E-state index in [0.717, 1.165) is 34.8 Å². The molecule has 1 N–H and O–H groups in total. The Labute approximate surface area is 155 Å². The number of fused-ring (bicyclic) bond motifs is 2. The topological polar surface area (TPSA) is 72.4 Å². The third-order valence-corrected chi connectivity index (χ3v) is 5.69. The Morgan fingerprint density at radius 3 is 2.73 bits per heavy atom. The van der Waals surface area contributed by atoms with Gasteiger partial charge in [-0.3, -0.25) is 4.98 Å². The number of nitrogens with one attached hydrogen (secondary N) is 1. The first-order chi connectivity index (χ1) is 12.9. The molecule has 5 rings (SSSR count). The number of aromatic nitrogens is 3. The maximum Gasteiger partial charge on any atom is 0.150 e. The zero-order chi connectivity index (χ0) is 17.3. The van der Waals surface area contributed by atoms with Crippen LogP contribution < -0.4 is 10.2 Å². The highest BCUT2D eigenvalue weighted by Crippen LogP contribution is 2.32. The first-order valence-corrected chi connectivity index (χ1v) is 9.58. The fourth-order valence-corrected chi connectivity index (χ4v) is 4.39. The van der Waals surface area contributed by atoms with Gasteiger partial charge >= 0.3 is 0 Å². The van der Waals surface area contributed by atoms with Crippen LogP contribution in [0.4, 0.5) is 11.5 Å². The highest BCUT2D eigenvalue weighted by atomic mass is 32.1. The van der Waals surface area contributed by atoms with Crippen LogP contribution in [0.25, 0.3) is 10.2 Å². The van der Waals surface area contributed by atoms with Crippen molar-refractivity contribution in [3.05, 3.63) is 42.3 Å². The maximum atomic E-state index is 6.17. The second-order valence-electron chi connectivity index (χ2n) is 6.56. The minimum Gasteiger partial charge on any atom is -0.376 e. The number of hydrogen-bond donors (Lipinski definition) is 1. The monoisotopic (exact) mass is 369 g/mol. The second kappa shape index (κ2) is 6.79. The van der Waals surface area contributed by atoms with Gasteiger partial charge in [-0.25, -0.2) is 9.97 Å². The van der Waals surface area contributed by atoms with Crippen molar-refractivity contribution >= 4 is 33.1 Å². The molecule has 0 amide bonds. The third kappa shape index (κ3) is 3.00. The van der Waals surface area contributed by atoms with E-state index in [1.54, 1.807) is 23.9 Å². The molecule has 134 valence electrons. The summed E-state index contributed by atoms with van der Waals surface area (Å²) >= 11 is 1.68. The molecular formula is C18H19N5O2S. The van der Waals surface area contributed by atoms with Gasteiger partial charge < -0.3 is 19.7 Å². The van der Waals surface area contributed by atoms with Gasteiger partial charge in [0.25, 0.3) is 0 Å². The van der Waals surface area contributed by atoms with Crippen LogP contribution in [0.5, 0.6) is 0 Å². The fraction of sp³-hybridized carbons (Fsp3) is 0.389. The smallest absolute Gasteiger partial charge is 0.150 e. The van der Waals surface area contributed by atoms with Crippen LogP contribution in [-0.2, 0) is 9.47 Å². The molecule has 8 heteroatoms. The van der Waals surface area contributed by atoms with E-state index < -0.39 is 0 Å². The summed E-state index contributed by atoms with van der Waals surface area (Å²) in [5, 5.41) is 5.48. The standard InChI is InChI=1S/C18H19N5O2S/c1-2-12(6-19-4-1)22-13-9-24-15-7-23(8-16(15)25-10-13)18-17-14(3-5-26-17)20-11-21-18/h1-6,11,13,15-16,22H,7-10H2/t15-,16-/m0/s1. The fourth-order valence-electron chi connectivity index (χ4n) is 3.53. The van der Waals surface area contributed by atoms with Gasteiger partial charge in [-0.15, -0.1) is 11.3 Å². The SMILES string of the molecule is c1cncc(NC2CO[C@H]3CN(c4ncnc5ccsc45)C[C@@H]3OC2)c1. The van der Waals surface area contributed by atoms with E-state index in [2.05, 4.69) is 30.5 Å². The van der Waals surface area contributed by atoms with Crippen molar-refractivity contribution in [2.75, 3.05) is 36.5 Å². The molecule has 0 aliphatic carbocycles. The molecule has 2 atom stereocenters. The molecule has 0 saturated carbocycles. The first-order valence-electron chi connectivity index (χ1n) is 8.70. The molecule has 2 saturated heterocycles. The van der Waals surface area contributed by atoms with E-state index in [4.69, 9.17) is 9.47 Å². The summed E-state index contributed by atoms with van der Waals surface area (Å²) in [5.41, 5.74) is 1.98. The molecule has 2 aliphatic heterocycles. The molecule has 2 fully saturated rings. The Morgan fingerprint density at radius 1 is 1.12 bits per heavy atom. The number of hydrogen-bond acceptors (Lipinski definition) is 8. The number of anilines is 2. The van der Waals surface area contributed by atoms with Crippen molar-refractivity contribution in [3.63, 3.8) is 0 Å². The highest BCUT2D eigenvalue weighted by Gasteiger charge is 2.38. The number of ether oxygens (including phenoxy) is 2. The minimum absolute atomic E-state index is 0.0562. The lowest BCUT2D eigenvalue weighted by molar-refractivity contribution is -0.00461. The van der Waals surface area contributed by atoms with E-state index in [1.807, 2.05) is 24.4 Å². The van der Waals surface area contributed by atoms with Gasteiger partial charge in [-0.1, -0.05) is 0 Å². The number of thiophene rings is 1. The van der Waals surface area contributed by atoms with Gasteiger partial charge in [0.05, 0.1) is 35.2 Å². The quantitative estimate of drug-likeness (QED) is 0.758. The normalized spacial score (nSPS) is 23.8. The van der Waals surface area contributed by atoms with Crippen molar-refractivity contribution < 1.29 is 9.47 Å². The Morgan fingerprint density at radius 2 is 1.96 bits per heavy atom. The van der Waals surface area contributed by atoms with E-state index in [0.29, 0.717) is 13.2 Å². The molecular weight excluding hydrogens is 350 g/mol. The highest BCUT2D eigenvalue weighted by molar-refractivity contribution is 7.17. The van der Waals surface area contributed by atoms with Crippen LogP contribution in [0.2, 0.25) is 0 Å². The molecule has 0 unspecified atom stereocenters. The van der Waals surface area contributed by atoms with Crippen molar-refractivity contribution in [3.8, 4) is 0 Å². The summed E-state index contributed by atoms with van der Waals surface area (Å²) in [6.45, 7) is 2.80. The van der Waals surface area contributed by atoms with Crippen molar-refractivity contribution in [1.29, 1.82) is 0 Å². The molecule has 7 nitrogen and oxygen atoms in total. The molecule has 2 aliphatic rings. The van der Waals surface area contributed by atoms with Crippen molar-refractivity contribution in [2.45, 2.75) is 18.2 Å². The van der Waals surface area contributed by atoms with E-state index in [9.17, 15) is 0 Å². The van der Waals surface area contributed by atoms with Gasteiger partial charge in [0.2, 0.25) is 0 Å². The van der Waals surface area contributed by atoms with Crippen molar-refractivity contribution in [2.24, 2.45) is 0 Å². The molecule has 3 aromatic heterocycles. The third-order valence-electron chi connectivity index (χ3n) is 4.79. The molecule has 26 heavy (non-hydrogen) atoms. The van der Waals surface area contributed by atoms with Crippen LogP contribution in [0.1, 0.15) is 0 Å². The van der Waals surface area contributed by atoms with Crippen LogP contribution >= 0.6 is 11.3 Å². The van der Waals surface area contributed by atoms with Gasteiger partial charge in [0.15, 0.2) is 0 Å². The molecule has 0 aromatic carbocycles. The molecule has 0 radical (unpaired) electrons. The predicted molar refractivity (Wildman–Crippen MR) is 101 cm³/mol. The Balaban J connectivity index is 1.27. The molecule has 5 heterocycles. The number of pyridine rings is 1. The van der Waals surface area contributed by atoms with Crippen LogP contribution in [0.15, 0.2) is 42.3 Å². The van der Waals surface area contributed by atoms with E-state index in [-0.39, 0.29) is 18.2 Å². The Bertz CT molecular complexity index is 873. The summed E-state index contributed by atoms with van der Waals surface area (Å²) < 4.78 is 13.5. The van der Waals surface area contributed by atoms with Gasteiger partial charge in [-0.05, 0) is 23.6 Å². The molecule has 0 spiro atoms. The van der Waals surface area contributed by atoms with Gasteiger partial charge in [0.1, 0.15) is 24.4 Å². The van der Waals surface area contributed by atoms with Crippen LogP contribution in [0, 0.1) is 0 Å². The average Bonchev–Trinajstić information content (AvgIpc) is 3.27. The van der Waals surface area contributed by atoms with E-state index in [1.165, 1.54) is 0 Å². The first kappa shape index (κ1) is 15.9. The zero-order valence-corrected chi connectivity index (χ0v) is 14.9. The number of nitrogens with zero attached hydrogens (tertiary/aromatic N) is 4. The predicted octanol–water partition coefficient (Wildman–Crippen LogP) is 2.17. The lowest BCUT2D eigenvalue weighted by atomic mass is 10.3. The lowest BCUT2D eigenvalue weighted by Gasteiger charge is -2.20. The summed E-state index contributed by atoms with van der Waals surface area (Å²) in [7, 11) is 0. The average molecular weight is 369 g/mol. The Hall–Kier alpha value is -2.29. The summed E-state index contributed by atoms with van der Waals surface area (Å²) in [6.07, 6.45) is 5.33. The Kier molecular flexibility index (Phi) is 4.16.